The van der Waals surface area contributed by atoms with Crippen molar-refractivity contribution < 1.29 is 50.1 Å². The van der Waals surface area contributed by atoms with E-state index in [0.717, 1.165) is 0 Å². The Morgan fingerprint density at radius 3 is 1.56 bits per heavy atom. The average Bonchev–Trinajstić information content (AvgIpc) is 1.75. The van der Waals surface area contributed by atoms with Crippen LogP contribution in [0.5, 0.6) is 0 Å². The first kappa shape index (κ1) is 17.3. The third-order valence-electron chi connectivity index (χ3n) is 0.719. The number of halogens is 7. The van der Waals surface area contributed by atoms with Gasteiger partial charge in [-0.25, -0.2) is 4.74 Å². The molecule has 16 heavy (non-hydrogen) atoms. The summed E-state index contributed by atoms with van der Waals surface area (Å²) in [5.41, 5.74) is 0. The van der Waals surface area contributed by atoms with Gasteiger partial charge in [0.25, 0.3) is 0 Å². The Morgan fingerprint density at radius 1 is 0.938 bits per heavy atom. The molecule has 0 spiro atoms. The minimum atomic E-state index is -5.98. The van der Waals surface area contributed by atoms with E-state index >= 15 is 0 Å². The monoisotopic (exact) mass is 263 g/mol. The number of hydrogen-bond donors (Lipinski definition) is 1. The van der Waals surface area contributed by atoms with Crippen molar-refractivity contribution in [1.82, 2.24) is 6.15 Å². The zero-order chi connectivity index (χ0) is 12.5. The van der Waals surface area contributed by atoms with Crippen molar-refractivity contribution >= 4 is 5.97 Å². The van der Waals surface area contributed by atoms with Gasteiger partial charge in [-0.3, -0.25) is 0 Å². The van der Waals surface area contributed by atoms with E-state index in [1.54, 1.807) is 4.74 Å². The van der Waals surface area contributed by atoms with E-state index in [0.29, 0.717) is 0 Å². The van der Waals surface area contributed by atoms with Crippen molar-refractivity contribution in [1.29, 1.82) is 0 Å². The molecule has 0 aromatic heterocycles. The Labute approximate surface area is 82.3 Å². The summed E-state index contributed by atoms with van der Waals surface area (Å²) in [6.45, 7) is 0. The summed E-state index contributed by atoms with van der Waals surface area (Å²) < 4.78 is 84.5. The minimum absolute atomic E-state index is 0. The van der Waals surface area contributed by atoms with E-state index < -0.39 is 24.7 Å². The molecule has 0 radical (unpaired) electrons. The van der Waals surface area contributed by atoms with Crippen LogP contribution in [-0.2, 0) is 14.3 Å². The van der Waals surface area contributed by atoms with E-state index in [1.165, 1.54) is 0 Å². The van der Waals surface area contributed by atoms with Gasteiger partial charge in [-0.15, -0.1) is 22.0 Å². The highest BCUT2D eigenvalue weighted by molar-refractivity contribution is 5.71. The van der Waals surface area contributed by atoms with Crippen LogP contribution in [0.4, 0.5) is 30.7 Å². The van der Waals surface area contributed by atoms with Crippen LogP contribution >= 0.6 is 0 Å². The molecule has 5 nitrogen and oxygen atoms in total. The summed E-state index contributed by atoms with van der Waals surface area (Å²) in [5, 5.41) is 9.41. The van der Waals surface area contributed by atoms with Crippen LogP contribution in [-0.4, -0.2) is 24.7 Å². The van der Waals surface area contributed by atoms with Crippen molar-refractivity contribution in [2.24, 2.45) is 0 Å². The number of carboxylic acid groups (broad SMARTS) is 1. The Bertz CT molecular complexity index is 251. The lowest BCUT2D eigenvalue weighted by Crippen LogP contribution is -2.49. The fourth-order valence-corrected chi connectivity index (χ4v) is 0.346. The Morgan fingerprint density at radius 2 is 1.31 bits per heavy atom. The largest absolute Gasteiger partial charge is 0.542 e. The summed E-state index contributed by atoms with van der Waals surface area (Å²) in [5.74, 6) is -3.44. The van der Waals surface area contributed by atoms with Crippen molar-refractivity contribution in [2.45, 2.75) is 18.8 Å². The molecule has 0 aromatic rings. The molecule has 0 aromatic carbocycles. The van der Waals surface area contributed by atoms with E-state index in [-0.39, 0.29) is 6.15 Å². The fraction of sp³-hybridized carbons (Fsp3) is 0.750. The number of alkyl halides is 7. The summed E-state index contributed by atoms with van der Waals surface area (Å²) >= 11 is 0. The van der Waals surface area contributed by atoms with Crippen molar-refractivity contribution in [3.63, 3.8) is 0 Å². The van der Waals surface area contributed by atoms with Gasteiger partial charge in [0.1, 0.15) is 5.97 Å². The Balaban J connectivity index is 0. The molecule has 0 bridgehead atoms. The molecule has 0 aliphatic carbocycles. The van der Waals surface area contributed by atoms with Crippen molar-refractivity contribution in [3.05, 3.63) is 0 Å². The average molecular weight is 263 g/mol. The van der Waals surface area contributed by atoms with Gasteiger partial charge in [-0.2, -0.15) is 13.5 Å². The highest BCUT2D eigenvalue weighted by Gasteiger charge is 2.53. The van der Waals surface area contributed by atoms with Gasteiger partial charge in [0.2, 0.25) is 0 Å². The molecule has 0 aliphatic heterocycles. The van der Waals surface area contributed by atoms with Gasteiger partial charge >= 0.3 is 18.8 Å². The molecule has 98 valence electrons. The molecule has 0 saturated carbocycles. The number of hydrogen-bond acceptors (Lipinski definition) is 4. The van der Waals surface area contributed by atoms with Gasteiger partial charge < -0.3 is 16.1 Å². The van der Waals surface area contributed by atoms with Crippen LogP contribution in [0.3, 0.4) is 0 Å². The molecule has 0 aliphatic rings. The second kappa shape index (κ2) is 4.80. The predicted molar refractivity (Wildman–Crippen MR) is 29.1 cm³/mol. The first-order valence-corrected chi connectivity index (χ1v) is 2.80. The zero-order valence-corrected chi connectivity index (χ0v) is 7.28. The van der Waals surface area contributed by atoms with Gasteiger partial charge in [0.05, 0.1) is 0 Å². The molecule has 0 fully saturated rings. The summed E-state index contributed by atoms with van der Waals surface area (Å²) in [6, 6.07) is 0. The number of quaternary nitrogens is 1. The minimum Gasteiger partial charge on any atom is -0.542 e. The van der Waals surface area contributed by atoms with Gasteiger partial charge in [0.15, 0.2) is 0 Å². The van der Waals surface area contributed by atoms with Crippen LogP contribution in [0.15, 0.2) is 0 Å². The second-order valence-electron chi connectivity index (χ2n) is 1.92. The van der Waals surface area contributed by atoms with E-state index in [4.69, 9.17) is 0 Å². The molecular formula is C4H4F7NO4. The molecule has 12 heteroatoms. The quantitative estimate of drug-likeness (QED) is 0.599. The highest BCUT2D eigenvalue weighted by atomic mass is 19.4. The summed E-state index contributed by atoms with van der Waals surface area (Å²) in [4.78, 5) is 9.41. The number of carboxylic acids is 1. The standard InChI is InChI=1S/C4HF7O4.H3N/c5-2(6,1(12)13)14-4(10,11)15-3(7,8)9;/h(H,12,13);1H3. The lowest BCUT2D eigenvalue weighted by atomic mass is 10.6. The molecule has 0 amide bonds. The van der Waals surface area contributed by atoms with E-state index in [9.17, 15) is 40.6 Å². The summed E-state index contributed by atoms with van der Waals surface area (Å²) in [7, 11) is 0. The molecule has 0 saturated heterocycles. The number of carbonyl (C=O) groups is 1. The molecule has 0 heterocycles. The van der Waals surface area contributed by atoms with Crippen LogP contribution in [0.1, 0.15) is 0 Å². The van der Waals surface area contributed by atoms with E-state index in [2.05, 4.69) is 0 Å². The topological polar surface area (TPSA) is 95.1 Å². The normalized spacial score (nSPS) is 13.2. The number of ether oxygens (including phenoxy) is 2. The van der Waals surface area contributed by atoms with Crippen LogP contribution in [0.25, 0.3) is 0 Å². The number of carbonyl (C=O) groups excluding carboxylic acids is 1. The molecule has 0 rings (SSSR count). The van der Waals surface area contributed by atoms with Crippen LogP contribution < -0.4 is 11.3 Å². The first-order chi connectivity index (χ1) is 6.36. The molecule has 0 unspecified atom stereocenters. The predicted octanol–water partition coefficient (Wildman–Crippen LogP) is 0.809. The highest BCUT2D eigenvalue weighted by Crippen LogP contribution is 2.33. The van der Waals surface area contributed by atoms with Crippen molar-refractivity contribution in [2.75, 3.05) is 0 Å². The fourth-order valence-electron chi connectivity index (χ4n) is 0.346. The number of rotatable bonds is 4. The third-order valence-corrected chi connectivity index (χ3v) is 0.719. The molecule has 0 atom stereocenters. The Kier molecular flexibility index (Phi) is 5.17. The SMILES string of the molecule is O=C([O-])C(F)(F)OC(F)(F)OC(F)(F)F.[NH4+]. The Hall–Kier alpha value is -1.14. The van der Waals surface area contributed by atoms with Crippen molar-refractivity contribution in [3.8, 4) is 0 Å². The molecule has 4 N–H and O–H groups in total. The van der Waals surface area contributed by atoms with Gasteiger partial charge in [-0.1, -0.05) is 0 Å². The lowest BCUT2D eigenvalue weighted by molar-refractivity contribution is -0.534. The van der Waals surface area contributed by atoms with Crippen LogP contribution in [0.2, 0.25) is 0 Å². The maximum Gasteiger partial charge on any atom is 0.529 e. The third kappa shape index (κ3) is 6.36. The zero-order valence-electron chi connectivity index (χ0n) is 7.28. The van der Waals surface area contributed by atoms with E-state index in [1.807, 2.05) is 4.74 Å². The second-order valence-corrected chi connectivity index (χ2v) is 1.92. The van der Waals surface area contributed by atoms with Gasteiger partial charge in [-0.05, 0) is 0 Å². The summed E-state index contributed by atoms with van der Waals surface area (Å²) in [6.07, 6.45) is -17.4. The first-order valence-electron chi connectivity index (χ1n) is 2.80. The van der Waals surface area contributed by atoms with Crippen LogP contribution in [0, 0.1) is 0 Å². The molecular weight excluding hydrogens is 259 g/mol. The van der Waals surface area contributed by atoms with Gasteiger partial charge in [0, 0.05) is 0 Å². The maximum absolute atomic E-state index is 11.8. The number of aliphatic carboxylic acids is 1. The maximum atomic E-state index is 11.8. The lowest BCUT2D eigenvalue weighted by Gasteiger charge is -2.23. The smallest absolute Gasteiger partial charge is 0.529 e.